The highest BCUT2D eigenvalue weighted by Crippen LogP contribution is 2.32. The van der Waals surface area contributed by atoms with Crippen molar-refractivity contribution in [3.05, 3.63) is 77.2 Å². The average Bonchev–Trinajstić information content (AvgIpc) is 3.30. The summed E-state index contributed by atoms with van der Waals surface area (Å²) in [5, 5.41) is 4.34. The second-order valence-corrected chi connectivity index (χ2v) is 9.09. The van der Waals surface area contributed by atoms with E-state index in [9.17, 15) is 4.79 Å². The molecule has 35 heavy (non-hydrogen) atoms. The summed E-state index contributed by atoms with van der Waals surface area (Å²) in [4.78, 5) is 25.3. The van der Waals surface area contributed by atoms with Crippen LogP contribution in [0.15, 0.2) is 61.1 Å². The number of H-pyrrole nitrogens is 1. The predicted molar refractivity (Wildman–Crippen MR) is 135 cm³/mol. The quantitative estimate of drug-likeness (QED) is 0.313. The Morgan fingerprint density at radius 2 is 2.00 bits per heavy atom. The predicted octanol–water partition coefficient (Wildman–Crippen LogP) is 4.94. The van der Waals surface area contributed by atoms with Crippen LogP contribution in [-0.2, 0) is 4.74 Å². The highest BCUT2D eigenvalue weighted by Gasteiger charge is 2.26. The van der Waals surface area contributed by atoms with Crippen LogP contribution >= 0.6 is 11.6 Å². The number of aromatic amines is 1. The number of carbonyl (C=O) groups is 1. The lowest BCUT2D eigenvalue weighted by molar-refractivity contribution is -0.00221. The number of carbonyl (C=O) groups excluding carboxylic acids is 1. The van der Waals surface area contributed by atoms with Crippen LogP contribution < -0.4 is 15.8 Å². The minimum absolute atomic E-state index is 0.00941. The molecule has 8 nitrogen and oxygen atoms in total. The number of ketones is 1. The SMILES string of the molecule is CC(N)[C@@H]1CC[C@@H](Nc2ncnc3[nH]cc(C(=O)c4ccc(Oc5ccccc5)cc4Cl)c23)CO1. The van der Waals surface area contributed by atoms with Gasteiger partial charge in [0.05, 0.1) is 34.7 Å². The van der Waals surface area contributed by atoms with E-state index in [1.54, 1.807) is 24.4 Å². The van der Waals surface area contributed by atoms with Gasteiger partial charge in [-0.25, -0.2) is 9.97 Å². The lowest BCUT2D eigenvalue weighted by atomic mass is 10.00. The Morgan fingerprint density at radius 1 is 1.17 bits per heavy atom. The van der Waals surface area contributed by atoms with Gasteiger partial charge >= 0.3 is 0 Å². The second-order valence-electron chi connectivity index (χ2n) is 8.68. The molecule has 1 fully saturated rings. The zero-order valence-electron chi connectivity index (χ0n) is 19.2. The van der Waals surface area contributed by atoms with Crippen LogP contribution in [0.2, 0.25) is 5.02 Å². The second kappa shape index (κ2) is 10.0. The van der Waals surface area contributed by atoms with Gasteiger partial charge in [-0.3, -0.25) is 4.79 Å². The number of benzene rings is 2. The Bertz CT molecular complexity index is 1330. The molecule has 3 atom stereocenters. The minimum atomic E-state index is -0.234. The van der Waals surface area contributed by atoms with Crippen LogP contribution in [0.3, 0.4) is 0 Å². The lowest BCUT2D eigenvalue weighted by Gasteiger charge is -2.31. The van der Waals surface area contributed by atoms with Gasteiger partial charge in [-0.15, -0.1) is 0 Å². The molecule has 2 aromatic carbocycles. The van der Waals surface area contributed by atoms with E-state index in [1.165, 1.54) is 6.33 Å². The van der Waals surface area contributed by atoms with Gasteiger partial charge in [-0.2, -0.15) is 0 Å². The van der Waals surface area contributed by atoms with Gasteiger partial charge in [0, 0.05) is 23.9 Å². The van der Waals surface area contributed by atoms with Crippen molar-refractivity contribution in [2.75, 3.05) is 11.9 Å². The van der Waals surface area contributed by atoms with E-state index in [-0.39, 0.29) is 24.0 Å². The van der Waals surface area contributed by atoms with Crippen molar-refractivity contribution in [2.45, 2.75) is 38.0 Å². The number of anilines is 1. The van der Waals surface area contributed by atoms with Gasteiger partial charge < -0.3 is 25.5 Å². The molecule has 1 unspecified atom stereocenters. The maximum Gasteiger partial charge on any atom is 0.196 e. The summed E-state index contributed by atoms with van der Waals surface area (Å²) in [6, 6.07) is 14.5. The Balaban J connectivity index is 1.39. The number of hydrogen-bond acceptors (Lipinski definition) is 7. The molecule has 180 valence electrons. The maximum absolute atomic E-state index is 13.5. The van der Waals surface area contributed by atoms with E-state index in [0.29, 0.717) is 51.1 Å². The van der Waals surface area contributed by atoms with Crippen molar-refractivity contribution >= 4 is 34.2 Å². The maximum atomic E-state index is 13.5. The highest BCUT2D eigenvalue weighted by atomic mass is 35.5. The van der Waals surface area contributed by atoms with Gasteiger partial charge in [0.1, 0.15) is 29.3 Å². The molecule has 0 spiro atoms. The number of nitrogens with zero attached hydrogens (tertiary/aromatic N) is 2. The van der Waals surface area contributed by atoms with Crippen LogP contribution in [-0.4, -0.2) is 45.5 Å². The van der Waals surface area contributed by atoms with Crippen molar-refractivity contribution in [3.63, 3.8) is 0 Å². The number of nitrogens with one attached hydrogen (secondary N) is 2. The smallest absolute Gasteiger partial charge is 0.196 e. The Kier molecular flexibility index (Phi) is 6.68. The van der Waals surface area contributed by atoms with Gasteiger partial charge in [0.25, 0.3) is 0 Å². The van der Waals surface area contributed by atoms with E-state index in [2.05, 4.69) is 20.3 Å². The largest absolute Gasteiger partial charge is 0.457 e. The third-order valence-electron chi connectivity index (χ3n) is 6.12. The van der Waals surface area contributed by atoms with E-state index in [0.717, 1.165) is 12.8 Å². The highest BCUT2D eigenvalue weighted by molar-refractivity contribution is 6.35. The first kappa shape index (κ1) is 23.3. The fraction of sp³-hybridized carbons (Fsp3) is 0.269. The molecule has 0 saturated carbocycles. The molecule has 4 N–H and O–H groups in total. The summed E-state index contributed by atoms with van der Waals surface area (Å²) < 4.78 is 11.7. The number of para-hydroxylation sites is 1. The molecule has 0 aliphatic carbocycles. The average molecular weight is 492 g/mol. The van der Waals surface area contributed by atoms with Crippen molar-refractivity contribution in [1.82, 2.24) is 15.0 Å². The van der Waals surface area contributed by atoms with E-state index < -0.39 is 0 Å². The number of fused-ring (bicyclic) bond motifs is 1. The fourth-order valence-electron chi connectivity index (χ4n) is 4.26. The zero-order valence-corrected chi connectivity index (χ0v) is 20.0. The molecule has 1 saturated heterocycles. The Labute approximate surface area is 207 Å². The van der Waals surface area contributed by atoms with Crippen molar-refractivity contribution < 1.29 is 14.3 Å². The molecule has 1 aliphatic heterocycles. The first-order valence-electron chi connectivity index (χ1n) is 11.5. The third-order valence-corrected chi connectivity index (χ3v) is 6.43. The summed E-state index contributed by atoms with van der Waals surface area (Å²) in [6.07, 6.45) is 4.90. The van der Waals surface area contributed by atoms with Gasteiger partial charge in [-0.1, -0.05) is 29.8 Å². The first-order valence-corrected chi connectivity index (χ1v) is 11.9. The monoisotopic (exact) mass is 491 g/mol. The number of rotatable bonds is 7. The molecule has 9 heteroatoms. The molecule has 0 amide bonds. The van der Waals surface area contributed by atoms with E-state index in [1.807, 2.05) is 37.3 Å². The summed E-state index contributed by atoms with van der Waals surface area (Å²) in [5.41, 5.74) is 7.34. The summed E-state index contributed by atoms with van der Waals surface area (Å²) >= 11 is 6.51. The molecule has 3 heterocycles. The minimum Gasteiger partial charge on any atom is -0.457 e. The Hall–Kier alpha value is -3.46. The van der Waals surface area contributed by atoms with Crippen molar-refractivity contribution in [3.8, 4) is 11.5 Å². The van der Waals surface area contributed by atoms with Crippen LogP contribution in [0.4, 0.5) is 5.82 Å². The fourth-order valence-corrected chi connectivity index (χ4v) is 4.51. The molecule has 0 bridgehead atoms. The number of hydrogen-bond donors (Lipinski definition) is 3. The van der Waals surface area contributed by atoms with Gasteiger partial charge in [0.15, 0.2) is 5.78 Å². The summed E-state index contributed by atoms with van der Waals surface area (Å²) in [7, 11) is 0. The van der Waals surface area contributed by atoms with Crippen LogP contribution in [0, 0.1) is 0 Å². The normalized spacial score (nSPS) is 18.8. The molecule has 2 aromatic heterocycles. The number of halogens is 1. The molecule has 0 radical (unpaired) electrons. The topological polar surface area (TPSA) is 115 Å². The number of aromatic nitrogens is 3. The third kappa shape index (κ3) is 5.00. The van der Waals surface area contributed by atoms with Crippen molar-refractivity contribution in [2.24, 2.45) is 5.73 Å². The lowest BCUT2D eigenvalue weighted by Crippen LogP contribution is -2.42. The summed E-state index contributed by atoms with van der Waals surface area (Å²) in [5.74, 6) is 1.57. The first-order chi connectivity index (χ1) is 17.0. The number of nitrogens with two attached hydrogens (primary N) is 1. The molecule has 4 aromatic rings. The van der Waals surface area contributed by atoms with Crippen LogP contribution in [0.5, 0.6) is 11.5 Å². The zero-order chi connectivity index (χ0) is 24.4. The Morgan fingerprint density at radius 3 is 2.71 bits per heavy atom. The van der Waals surface area contributed by atoms with E-state index in [4.69, 9.17) is 26.8 Å². The molecule has 1 aliphatic rings. The molecular formula is C26H26ClN5O3. The summed E-state index contributed by atoms with van der Waals surface area (Å²) in [6.45, 7) is 2.47. The molecular weight excluding hydrogens is 466 g/mol. The van der Waals surface area contributed by atoms with Crippen LogP contribution in [0.1, 0.15) is 35.7 Å². The van der Waals surface area contributed by atoms with E-state index >= 15 is 0 Å². The van der Waals surface area contributed by atoms with Crippen LogP contribution in [0.25, 0.3) is 11.0 Å². The number of ether oxygens (including phenoxy) is 2. The van der Waals surface area contributed by atoms with Gasteiger partial charge in [-0.05, 0) is 44.0 Å². The standard InChI is InChI=1S/C26H26ClN5O3/c1-15(28)22-10-7-16(13-34-22)32-26-23-20(12-29-25(23)30-14-31-26)24(33)19-9-8-18(11-21(19)27)35-17-5-3-2-4-6-17/h2-6,8-9,11-12,14-16,22H,7,10,13,28H2,1H3,(H2,29,30,31,32)/t15?,16-,22+/m1/s1. The van der Waals surface area contributed by atoms with Gasteiger partial charge in [0.2, 0.25) is 0 Å². The van der Waals surface area contributed by atoms with Crippen molar-refractivity contribution in [1.29, 1.82) is 0 Å². The molecule has 5 rings (SSSR count).